The maximum atomic E-state index is 13.8. The Bertz CT molecular complexity index is 1020. The summed E-state index contributed by atoms with van der Waals surface area (Å²) in [6, 6.07) is 12.9. The average Bonchev–Trinajstić information content (AvgIpc) is 3.20. The van der Waals surface area contributed by atoms with E-state index in [1.54, 1.807) is 29.3 Å². The molecule has 4 rings (SSSR count). The van der Waals surface area contributed by atoms with Gasteiger partial charge >= 0.3 is 0 Å². The molecule has 2 aromatic carbocycles. The second-order valence-corrected chi connectivity index (χ2v) is 7.39. The van der Waals surface area contributed by atoms with Crippen LogP contribution >= 0.6 is 0 Å². The number of carbonyl (C=O) groups is 1. The SMILES string of the molecule is Cc1cccc(N2CCN(C(=O)c3cn(Cc4ccccc4F)nn3)CC2)c1C. The van der Waals surface area contributed by atoms with Crippen LogP contribution in [0, 0.1) is 19.7 Å². The van der Waals surface area contributed by atoms with Crippen LogP contribution in [0.15, 0.2) is 48.7 Å². The lowest BCUT2D eigenvalue weighted by Crippen LogP contribution is -2.49. The molecule has 1 aliphatic rings. The van der Waals surface area contributed by atoms with Crippen LogP contribution in [-0.4, -0.2) is 52.0 Å². The van der Waals surface area contributed by atoms with Crippen molar-refractivity contribution in [3.05, 3.63) is 76.9 Å². The highest BCUT2D eigenvalue weighted by atomic mass is 19.1. The number of aromatic nitrogens is 3. The van der Waals surface area contributed by atoms with Crippen LogP contribution in [0.2, 0.25) is 0 Å². The predicted molar refractivity (Wildman–Crippen MR) is 110 cm³/mol. The summed E-state index contributed by atoms with van der Waals surface area (Å²) in [6.45, 7) is 7.31. The quantitative estimate of drug-likeness (QED) is 0.684. The number of nitrogens with zero attached hydrogens (tertiary/aromatic N) is 5. The molecule has 0 aliphatic carbocycles. The fraction of sp³-hybridized carbons (Fsp3) is 0.318. The Balaban J connectivity index is 1.39. The Morgan fingerprint density at radius 2 is 1.79 bits per heavy atom. The zero-order chi connectivity index (χ0) is 20.4. The molecule has 29 heavy (non-hydrogen) atoms. The summed E-state index contributed by atoms with van der Waals surface area (Å²) in [4.78, 5) is 16.9. The molecule has 7 heteroatoms. The topological polar surface area (TPSA) is 54.3 Å². The van der Waals surface area contributed by atoms with Gasteiger partial charge in [-0.25, -0.2) is 9.07 Å². The van der Waals surface area contributed by atoms with Crippen LogP contribution in [0.3, 0.4) is 0 Å². The Morgan fingerprint density at radius 1 is 1.03 bits per heavy atom. The molecule has 0 saturated carbocycles. The van der Waals surface area contributed by atoms with E-state index in [1.165, 1.54) is 27.6 Å². The smallest absolute Gasteiger partial charge is 0.276 e. The Kier molecular flexibility index (Phi) is 5.29. The molecule has 0 radical (unpaired) electrons. The minimum Gasteiger partial charge on any atom is -0.368 e. The normalized spacial score (nSPS) is 14.3. The summed E-state index contributed by atoms with van der Waals surface area (Å²) < 4.78 is 15.3. The van der Waals surface area contributed by atoms with E-state index >= 15 is 0 Å². The molecular formula is C22H24FN5O. The molecule has 0 spiro atoms. The molecule has 6 nitrogen and oxygen atoms in total. The molecule has 0 unspecified atom stereocenters. The van der Waals surface area contributed by atoms with Gasteiger partial charge in [0.15, 0.2) is 5.69 Å². The second kappa shape index (κ2) is 8.03. The van der Waals surface area contributed by atoms with Gasteiger partial charge in [-0.2, -0.15) is 0 Å². The lowest BCUT2D eigenvalue weighted by atomic mass is 10.1. The number of amides is 1. The van der Waals surface area contributed by atoms with Crippen molar-refractivity contribution in [2.24, 2.45) is 0 Å². The third-order valence-corrected chi connectivity index (χ3v) is 5.53. The van der Waals surface area contributed by atoms with Crippen LogP contribution < -0.4 is 4.90 Å². The molecule has 150 valence electrons. The minimum absolute atomic E-state index is 0.134. The number of rotatable bonds is 4. The summed E-state index contributed by atoms with van der Waals surface area (Å²) in [7, 11) is 0. The summed E-state index contributed by atoms with van der Waals surface area (Å²) in [5, 5.41) is 8.00. The van der Waals surface area contributed by atoms with E-state index in [0.29, 0.717) is 24.3 Å². The standard InChI is InChI=1S/C22H24FN5O/c1-16-6-5-9-21(17(16)2)26-10-12-27(13-11-26)22(29)20-15-28(25-24-20)14-18-7-3-4-8-19(18)23/h3-9,15H,10-14H2,1-2H3. The van der Waals surface area contributed by atoms with Crippen LogP contribution in [0.25, 0.3) is 0 Å². The summed E-state index contributed by atoms with van der Waals surface area (Å²) in [5.74, 6) is -0.427. The largest absolute Gasteiger partial charge is 0.368 e. The van der Waals surface area contributed by atoms with Gasteiger partial charge < -0.3 is 9.80 Å². The number of aryl methyl sites for hydroxylation is 1. The van der Waals surface area contributed by atoms with Crippen molar-refractivity contribution in [2.75, 3.05) is 31.1 Å². The van der Waals surface area contributed by atoms with Gasteiger partial charge in [-0.15, -0.1) is 5.10 Å². The number of halogens is 1. The fourth-order valence-electron chi connectivity index (χ4n) is 3.67. The first kappa shape index (κ1) is 19.1. The number of hydrogen-bond acceptors (Lipinski definition) is 4. The fourth-order valence-corrected chi connectivity index (χ4v) is 3.67. The minimum atomic E-state index is -0.293. The molecule has 1 amide bonds. The average molecular weight is 393 g/mol. The molecule has 0 N–H and O–H groups in total. The Labute approximate surface area is 169 Å². The number of anilines is 1. The first-order valence-electron chi connectivity index (χ1n) is 9.77. The predicted octanol–water partition coefficient (Wildman–Crippen LogP) is 3.04. The lowest BCUT2D eigenvalue weighted by molar-refractivity contribution is 0.0740. The molecule has 2 heterocycles. The zero-order valence-electron chi connectivity index (χ0n) is 16.7. The summed E-state index contributed by atoms with van der Waals surface area (Å²) in [6.07, 6.45) is 1.59. The molecule has 0 bridgehead atoms. The molecule has 0 atom stereocenters. The molecule has 1 fully saturated rings. The second-order valence-electron chi connectivity index (χ2n) is 7.39. The van der Waals surface area contributed by atoms with E-state index in [0.717, 1.165) is 13.1 Å². The van der Waals surface area contributed by atoms with Crippen LogP contribution in [0.1, 0.15) is 27.2 Å². The van der Waals surface area contributed by atoms with Crippen molar-refractivity contribution in [3.8, 4) is 0 Å². The van der Waals surface area contributed by atoms with Crippen molar-refractivity contribution in [2.45, 2.75) is 20.4 Å². The van der Waals surface area contributed by atoms with Gasteiger partial charge in [-0.1, -0.05) is 35.5 Å². The van der Waals surface area contributed by atoms with E-state index in [9.17, 15) is 9.18 Å². The number of piperazine rings is 1. The molecular weight excluding hydrogens is 369 g/mol. The van der Waals surface area contributed by atoms with E-state index in [-0.39, 0.29) is 18.3 Å². The summed E-state index contributed by atoms with van der Waals surface area (Å²) >= 11 is 0. The van der Waals surface area contributed by atoms with E-state index < -0.39 is 0 Å². The number of hydrogen-bond donors (Lipinski definition) is 0. The first-order valence-corrected chi connectivity index (χ1v) is 9.77. The maximum Gasteiger partial charge on any atom is 0.276 e. The van der Waals surface area contributed by atoms with Crippen molar-refractivity contribution in [1.29, 1.82) is 0 Å². The third kappa shape index (κ3) is 3.99. The highest BCUT2D eigenvalue weighted by Crippen LogP contribution is 2.24. The number of carbonyl (C=O) groups excluding carboxylic acids is 1. The number of benzene rings is 2. The van der Waals surface area contributed by atoms with Gasteiger partial charge in [0.25, 0.3) is 5.91 Å². The molecule has 1 aliphatic heterocycles. The van der Waals surface area contributed by atoms with Crippen molar-refractivity contribution in [1.82, 2.24) is 19.9 Å². The third-order valence-electron chi connectivity index (χ3n) is 5.53. The van der Waals surface area contributed by atoms with E-state index in [1.807, 2.05) is 0 Å². The molecule has 1 aromatic heterocycles. The monoisotopic (exact) mass is 393 g/mol. The van der Waals surface area contributed by atoms with Gasteiger partial charge in [-0.05, 0) is 37.1 Å². The van der Waals surface area contributed by atoms with Gasteiger partial charge in [-0.3, -0.25) is 4.79 Å². The first-order chi connectivity index (χ1) is 14.0. The summed E-state index contributed by atoms with van der Waals surface area (Å²) in [5.41, 5.74) is 4.59. The highest BCUT2D eigenvalue weighted by Gasteiger charge is 2.25. The van der Waals surface area contributed by atoms with Gasteiger partial charge in [0, 0.05) is 37.4 Å². The van der Waals surface area contributed by atoms with Gasteiger partial charge in [0.2, 0.25) is 0 Å². The Hall–Kier alpha value is -3.22. The maximum absolute atomic E-state index is 13.8. The molecule has 1 saturated heterocycles. The molecule has 3 aromatic rings. The van der Waals surface area contributed by atoms with E-state index in [2.05, 4.69) is 47.3 Å². The van der Waals surface area contributed by atoms with E-state index in [4.69, 9.17) is 0 Å². The lowest BCUT2D eigenvalue weighted by Gasteiger charge is -2.36. The highest BCUT2D eigenvalue weighted by molar-refractivity contribution is 5.92. The van der Waals surface area contributed by atoms with Crippen LogP contribution in [-0.2, 0) is 6.54 Å². The van der Waals surface area contributed by atoms with Crippen molar-refractivity contribution >= 4 is 11.6 Å². The Morgan fingerprint density at radius 3 is 2.55 bits per heavy atom. The van der Waals surface area contributed by atoms with Crippen LogP contribution in [0.4, 0.5) is 10.1 Å². The van der Waals surface area contributed by atoms with Crippen molar-refractivity contribution < 1.29 is 9.18 Å². The van der Waals surface area contributed by atoms with Gasteiger partial charge in [0.1, 0.15) is 5.82 Å². The van der Waals surface area contributed by atoms with Crippen molar-refractivity contribution in [3.63, 3.8) is 0 Å². The van der Waals surface area contributed by atoms with Gasteiger partial charge in [0.05, 0.1) is 12.7 Å². The zero-order valence-corrected chi connectivity index (χ0v) is 16.7. The van der Waals surface area contributed by atoms with Crippen LogP contribution in [0.5, 0.6) is 0 Å².